The van der Waals surface area contributed by atoms with Gasteiger partial charge >= 0.3 is 0 Å². The topological polar surface area (TPSA) is 65.8 Å². The molecule has 0 saturated carbocycles. The van der Waals surface area contributed by atoms with E-state index in [1.54, 1.807) is 31.2 Å². The largest absolute Gasteiger partial charge is 0.310 e. The Labute approximate surface area is 135 Å². The molecule has 2 aromatic rings. The average molecular weight is 365 g/mol. The fraction of sp³-hybridized carbons (Fsp3) is 0.133. The maximum atomic E-state index is 12.2. The van der Waals surface area contributed by atoms with Gasteiger partial charge in [-0.2, -0.15) is 5.26 Å². The van der Waals surface area contributed by atoms with Crippen molar-refractivity contribution in [2.24, 2.45) is 0 Å². The maximum Gasteiger partial charge on any atom is 0.232 e. The maximum absolute atomic E-state index is 12.2. The molecule has 0 aliphatic rings. The van der Waals surface area contributed by atoms with E-state index in [1.807, 2.05) is 6.07 Å². The SMILES string of the molecule is CC(C(=O)Nc1cc(Br)c(Cl)cn1)c1cccc(C#N)c1. The van der Waals surface area contributed by atoms with Gasteiger partial charge in [0.2, 0.25) is 5.91 Å². The molecule has 0 fully saturated rings. The number of nitrogens with one attached hydrogen (secondary N) is 1. The summed E-state index contributed by atoms with van der Waals surface area (Å²) in [5, 5.41) is 12.1. The normalized spacial score (nSPS) is 11.5. The Morgan fingerprint density at radius 2 is 2.24 bits per heavy atom. The Morgan fingerprint density at radius 3 is 2.90 bits per heavy atom. The van der Waals surface area contributed by atoms with Crippen molar-refractivity contribution in [3.63, 3.8) is 0 Å². The molecule has 1 aromatic heterocycles. The minimum atomic E-state index is -0.394. The van der Waals surface area contributed by atoms with Crippen molar-refractivity contribution in [1.82, 2.24) is 4.98 Å². The van der Waals surface area contributed by atoms with Gasteiger partial charge in [-0.1, -0.05) is 23.7 Å². The van der Waals surface area contributed by atoms with Gasteiger partial charge < -0.3 is 5.32 Å². The Morgan fingerprint density at radius 1 is 1.48 bits per heavy atom. The number of rotatable bonds is 3. The van der Waals surface area contributed by atoms with Crippen LogP contribution in [-0.4, -0.2) is 10.9 Å². The minimum absolute atomic E-state index is 0.202. The van der Waals surface area contributed by atoms with Crippen LogP contribution < -0.4 is 5.32 Å². The molecule has 4 nitrogen and oxygen atoms in total. The van der Waals surface area contributed by atoms with E-state index in [2.05, 4.69) is 32.3 Å². The fourth-order valence-electron chi connectivity index (χ4n) is 1.75. The molecule has 1 atom stereocenters. The molecule has 2 rings (SSSR count). The molecule has 21 heavy (non-hydrogen) atoms. The third-order valence-electron chi connectivity index (χ3n) is 2.97. The number of halogens is 2. The van der Waals surface area contributed by atoms with Gasteiger partial charge in [-0.15, -0.1) is 0 Å². The standard InChI is InChI=1S/C15H11BrClN3O/c1-9(11-4-2-3-10(5-11)7-18)15(21)20-14-6-12(16)13(17)8-19-14/h2-6,8-9H,1H3,(H,19,20,21). The zero-order valence-electron chi connectivity index (χ0n) is 11.1. The van der Waals surface area contributed by atoms with Gasteiger partial charge in [-0.3, -0.25) is 4.79 Å². The number of carbonyl (C=O) groups is 1. The lowest BCUT2D eigenvalue weighted by molar-refractivity contribution is -0.117. The molecule has 0 spiro atoms. The third-order valence-corrected chi connectivity index (χ3v) is 4.15. The van der Waals surface area contributed by atoms with E-state index in [-0.39, 0.29) is 5.91 Å². The van der Waals surface area contributed by atoms with Crippen LogP contribution in [0.3, 0.4) is 0 Å². The molecule has 6 heteroatoms. The first-order valence-electron chi connectivity index (χ1n) is 6.13. The third kappa shape index (κ3) is 3.81. The summed E-state index contributed by atoms with van der Waals surface area (Å²) < 4.78 is 0.661. The van der Waals surface area contributed by atoms with Crippen molar-refractivity contribution in [2.45, 2.75) is 12.8 Å². The van der Waals surface area contributed by atoms with E-state index in [0.29, 0.717) is 20.9 Å². The highest BCUT2D eigenvalue weighted by Crippen LogP contribution is 2.24. The number of nitriles is 1. The van der Waals surface area contributed by atoms with E-state index < -0.39 is 5.92 Å². The molecule has 0 saturated heterocycles. The lowest BCUT2D eigenvalue weighted by Gasteiger charge is -2.12. The number of benzene rings is 1. The van der Waals surface area contributed by atoms with E-state index in [9.17, 15) is 4.79 Å². The summed E-state index contributed by atoms with van der Waals surface area (Å²) in [5.41, 5.74) is 1.30. The Kier molecular flexibility index (Phi) is 4.94. The lowest BCUT2D eigenvalue weighted by Crippen LogP contribution is -2.19. The van der Waals surface area contributed by atoms with Crippen LogP contribution in [0.2, 0.25) is 5.02 Å². The van der Waals surface area contributed by atoms with Gasteiger partial charge in [0.1, 0.15) is 5.82 Å². The zero-order valence-corrected chi connectivity index (χ0v) is 13.4. The van der Waals surface area contributed by atoms with Gasteiger partial charge in [0.05, 0.1) is 22.6 Å². The van der Waals surface area contributed by atoms with Gasteiger partial charge in [0.15, 0.2) is 0 Å². The second-order valence-electron chi connectivity index (χ2n) is 4.43. The summed E-state index contributed by atoms with van der Waals surface area (Å²) in [6, 6.07) is 10.7. The highest BCUT2D eigenvalue weighted by molar-refractivity contribution is 9.10. The van der Waals surface area contributed by atoms with Crippen molar-refractivity contribution < 1.29 is 4.79 Å². The second-order valence-corrected chi connectivity index (χ2v) is 5.69. The number of amides is 1. The Balaban J connectivity index is 2.15. The Hall–Kier alpha value is -1.90. The first-order chi connectivity index (χ1) is 10.0. The van der Waals surface area contributed by atoms with E-state index in [1.165, 1.54) is 6.20 Å². The highest BCUT2D eigenvalue weighted by atomic mass is 79.9. The number of hydrogen-bond donors (Lipinski definition) is 1. The van der Waals surface area contributed by atoms with E-state index >= 15 is 0 Å². The summed E-state index contributed by atoms with van der Waals surface area (Å²) in [5.74, 6) is -0.180. The van der Waals surface area contributed by atoms with Crippen molar-refractivity contribution in [1.29, 1.82) is 5.26 Å². The van der Waals surface area contributed by atoms with Crippen LogP contribution in [0.4, 0.5) is 5.82 Å². The van der Waals surface area contributed by atoms with Crippen molar-refractivity contribution in [3.8, 4) is 6.07 Å². The average Bonchev–Trinajstić information content (AvgIpc) is 2.50. The summed E-state index contributed by atoms with van der Waals surface area (Å²) in [7, 11) is 0. The van der Waals surface area contributed by atoms with Crippen molar-refractivity contribution in [2.75, 3.05) is 5.32 Å². The minimum Gasteiger partial charge on any atom is -0.310 e. The molecule has 0 radical (unpaired) electrons. The number of carbonyl (C=O) groups excluding carboxylic acids is 1. The van der Waals surface area contributed by atoms with Crippen LogP contribution in [0.15, 0.2) is 41.0 Å². The predicted octanol–water partition coefficient (Wildman–Crippen LogP) is 4.11. The fourth-order valence-corrected chi connectivity index (χ4v) is 2.17. The van der Waals surface area contributed by atoms with Crippen molar-refractivity contribution in [3.05, 3.63) is 57.2 Å². The summed E-state index contributed by atoms with van der Waals surface area (Å²) >= 11 is 9.13. The molecule has 1 N–H and O–H groups in total. The second kappa shape index (κ2) is 6.70. The lowest BCUT2D eigenvalue weighted by atomic mass is 9.98. The van der Waals surface area contributed by atoms with Crippen LogP contribution in [0.25, 0.3) is 0 Å². The first kappa shape index (κ1) is 15.5. The monoisotopic (exact) mass is 363 g/mol. The molecule has 1 heterocycles. The van der Waals surface area contributed by atoms with Gasteiger partial charge in [0.25, 0.3) is 0 Å². The number of aromatic nitrogens is 1. The molecule has 1 aromatic carbocycles. The smallest absolute Gasteiger partial charge is 0.232 e. The molecule has 0 aliphatic heterocycles. The van der Waals surface area contributed by atoms with Crippen LogP contribution in [-0.2, 0) is 4.79 Å². The number of nitrogens with zero attached hydrogens (tertiary/aromatic N) is 2. The number of anilines is 1. The molecule has 0 aliphatic carbocycles. The van der Waals surface area contributed by atoms with Crippen LogP contribution in [0.5, 0.6) is 0 Å². The number of pyridine rings is 1. The van der Waals surface area contributed by atoms with Crippen LogP contribution in [0.1, 0.15) is 24.0 Å². The van der Waals surface area contributed by atoms with Crippen molar-refractivity contribution >= 4 is 39.3 Å². The van der Waals surface area contributed by atoms with Gasteiger partial charge in [-0.25, -0.2) is 4.98 Å². The van der Waals surface area contributed by atoms with E-state index in [4.69, 9.17) is 16.9 Å². The number of hydrogen-bond acceptors (Lipinski definition) is 3. The molecule has 106 valence electrons. The summed E-state index contributed by atoms with van der Waals surface area (Å²) in [4.78, 5) is 16.3. The summed E-state index contributed by atoms with van der Waals surface area (Å²) in [6.07, 6.45) is 1.46. The first-order valence-corrected chi connectivity index (χ1v) is 7.30. The van der Waals surface area contributed by atoms with Gasteiger partial charge in [-0.05, 0) is 46.6 Å². The van der Waals surface area contributed by atoms with E-state index in [0.717, 1.165) is 5.56 Å². The highest BCUT2D eigenvalue weighted by Gasteiger charge is 2.16. The van der Waals surface area contributed by atoms with Crippen LogP contribution >= 0.6 is 27.5 Å². The zero-order chi connectivity index (χ0) is 15.4. The molecule has 1 unspecified atom stereocenters. The van der Waals surface area contributed by atoms with Crippen LogP contribution in [0, 0.1) is 11.3 Å². The summed E-state index contributed by atoms with van der Waals surface area (Å²) in [6.45, 7) is 1.77. The molecule has 1 amide bonds. The molecular weight excluding hydrogens is 354 g/mol. The molecule has 0 bridgehead atoms. The quantitative estimate of drug-likeness (QED) is 0.891. The predicted molar refractivity (Wildman–Crippen MR) is 85.1 cm³/mol. The Bertz CT molecular complexity index is 727. The molecular formula is C15H11BrClN3O. The van der Waals surface area contributed by atoms with Gasteiger partial charge in [0, 0.05) is 10.7 Å².